The Morgan fingerprint density at radius 3 is 2.93 bits per heavy atom. The summed E-state index contributed by atoms with van der Waals surface area (Å²) in [5.74, 6) is 0. The van der Waals surface area contributed by atoms with Gasteiger partial charge in [0.15, 0.2) is 0 Å². The Morgan fingerprint density at radius 1 is 1.40 bits per heavy atom. The fourth-order valence-corrected chi connectivity index (χ4v) is 1.48. The molecule has 0 atom stereocenters. The van der Waals surface area contributed by atoms with Crippen LogP contribution in [0.4, 0.5) is 0 Å². The Hall–Kier alpha value is -1.97. The number of para-hydroxylation sites is 1. The van der Waals surface area contributed by atoms with Crippen LogP contribution in [0.1, 0.15) is 11.3 Å². The van der Waals surface area contributed by atoms with Crippen molar-refractivity contribution in [3.05, 3.63) is 41.7 Å². The van der Waals surface area contributed by atoms with E-state index >= 15 is 0 Å². The maximum absolute atomic E-state index is 10.5. The molecule has 0 saturated heterocycles. The summed E-state index contributed by atoms with van der Waals surface area (Å²) >= 11 is 0. The molecule has 0 aliphatic rings. The summed E-state index contributed by atoms with van der Waals surface area (Å²) in [6.45, 7) is 2.00. The molecule has 0 radical (unpaired) electrons. The largest absolute Gasteiger partial charge is 0.303 e. The molecule has 4 nitrogen and oxygen atoms in total. The molecule has 4 heteroatoms. The van der Waals surface area contributed by atoms with Crippen LogP contribution in [0.5, 0.6) is 0 Å². The van der Waals surface area contributed by atoms with Gasteiger partial charge in [-0.15, -0.1) is 5.10 Å². The third kappa shape index (κ3) is 1.79. The van der Waals surface area contributed by atoms with Crippen molar-refractivity contribution in [3.63, 3.8) is 0 Å². The Balaban J connectivity index is 2.49. The molecular weight excluding hydrogens is 190 g/mol. The number of hydrogen-bond donors (Lipinski definition) is 0. The molecule has 2 aromatic rings. The molecule has 0 bridgehead atoms. The van der Waals surface area contributed by atoms with Crippen molar-refractivity contribution >= 4 is 6.29 Å². The predicted octanol–water partition coefficient (Wildman–Crippen LogP) is 1.32. The highest BCUT2D eigenvalue weighted by Crippen LogP contribution is 2.13. The van der Waals surface area contributed by atoms with E-state index in [4.69, 9.17) is 0 Å². The van der Waals surface area contributed by atoms with Gasteiger partial charge in [-0.05, 0) is 18.6 Å². The normalized spacial score (nSPS) is 10.2. The van der Waals surface area contributed by atoms with E-state index in [1.807, 2.05) is 31.2 Å². The Bertz CT molecular complexity index is 476. The fraction of sp³-hybridized carbons (Fsp3) is 0.182. The first-order chi connectivity index (χ1) is 7.33. The van der Waals surface area contributed by atoms with Gasteiger partial charge in [0.05, 0.1) is 17.6 Å². The van der Waals surface area contributed by atoms with E-state index < -0.39 is 0 Å². The summed E-state index contributed by atoms with van der Waals surface area (Å²) in [7, 11) is 0. The van der Waals surface area contributed by atoms with Gasteiger partial charge in [0, 0.05) is 6.42 Å². The van der Waals surface area contributed by atoms with Crippen molar-refractivity contribution in [1.82, 2.24) is 15.0 Å². The standard InChI is InChI=1S/C11H11N3O/c1-9-4-2-3-5-11(9)14-10(6-7-15)8-12-13-14/h2-5,7-8H,6H2,1H3. The van der Waals surface area contributed by atoms with E-state index in [9.17, 15) is 4.79 Å². The fourth-order valence-electron chi connectivity index (χ4n) is 1.48. The smallest absolute Gasteiger partial charge is 0.126 e. The van der Waals surface area contributed by atoms with Crippen LogP contribution >= 0.6 is 0 Å². The highest BCUT2D eigenvalue weighted by molar-refractivity contribution is 5.54. The molecule has 1 aromatic carbocycles. The van der Waals surface area contributed by atoms with E-state index in [0.29, 0.717) is 6.42 Å². The molecule has 0 aliphatic heterocycles. The number of carbonyl (C=O) groups excluding carboxylic acids is 1. The predicted molar refractivity (Wildman–Crippen MR) is 55.9 cm³/mol. The zero-order valence-corrected chi connectivity index (χ0v) is 8.42. The Morgan fingerprint density at radius 2 is 2.20 bits per heavy atom. The van der Waals surface area contributed by atoms with Crippen LogP contribution in [0.15, 0.2) is 30.5 Å². The van der Waals surface area contributed by atoms with Crippen molar-refractivity contribution in [3.8, 4) is 5.69 Å². The lowest BCUT2D eigenvalue weighted by Gasteiger charge is -2.06. The van der Waals surface area contributed by atoms with Crippen LogP contribution in [-0.4, -0.2) is 21.3 Å². The van der Waals surface area contributed by atoms with E-state index in [2.05, 4.69) is 10.3 Å². The molecule has 76 valence electrons. The second-order valence-electron chi connectivity index (χ2n) is 3.29. The number of aldehydes is 1. The molecule has 0 amide bonds. The minimum atomic E-state index is 0.335. The van der Waals surface area contributed by atoms with Gasteiger partial charge in [-0.3, -0.25) is 0 Å². The summed E-state index contributed by atoms with van der Waals surface area (Å²) in [5, 5.41) is 7.79. The van der Waals surface area contributed by atoms with Crippen LogP contribution in [-0.2, 0) is 11.2 Å². The zero-order chi connectivity index (χ0) is 10.7. The van der Waals surface area contributed by atoms with Gasteiger partial charge in [0.2, 0.25) is 0 Å². The second-order valence-corrected chi connectivity index (χ2v) is 3.29. The third-order valence-electron chi connectivity index (χ3n) is 2.26. The van der Waals surface area contributed by atoms with Gasteiger partial charge in [0.25, 0.3) is 0 Å². The quantitative estimate of drug-likeness (QED) is 0.703. The van der Waals surface area contributed by atoms with Gasteiger partial charge in [-0.25, -0.2) is 4.68 Å². The number of aromatic nitrogens is 3. The number of aryl methyl sites for hydroxylation is 1. The number of benzene rings is 1. The molecule has 15 heavy (non-hydrogen) atoms. The molecule has 1 aromatic heterocycles. The van der Waals surface area contributed by atoms with Crippen LogP contribution in [0.3, 0.4) is 0 Å². The lowest BCUT2D eigenvalue weighted by atomic mass is 10.2. The zero-order valence-electron chi connectivity index (χ0n) is 8.42. The van der Waals surface area contributed by atoms with Gasteiger partial charge < -0.3 is 4.79 Å². The van der Waals surface area contributed by atoms with Crippen molar-refractivity contribution in [2.75, 3.05) is 0 Å². The maximum atomic E-state index is 10.5. The summed E-state index contributed by atoms with van der Waals surface area (Å²) in [4.78, 5) is 10.5. The monoisotopic (exact) mass is 201 g/mol. The molecule has 0 spiro atoms. The number of nitrogens with zero attached hydrogens (tertiary/aromatic N) is 3. The average Bonchev–Trinajstić information content (AvgIpc) is 2.67. The van der Waals surface area contributed by atoms with E-state index in [1.54, 1.807) is 10.9 Å². The number of hydrogen-bond acceptors (Lipinski definition) is 3. The van der Waals surface area contributed by atoms with Crippen LogP contribution in [0.2, 0.25) is 0 Å². The van der Waals surface area contributed by atoms with E-state index in [-0.39, 0.29) is 0 Å². The summed E-state index contributed by atoms with van der Waals surface area (Å²) < 4.78 is 1.70. The Kier molecular flexibility index (Phi) is 2.58. The molecule has 0 fully saturated rings. The molecule has 1 heterocycles. The first kappa shape index (κ1) is 9.58. The molecule has 2 rings (SSSR count). The van der Waals surface area contributed by atoms with Crippen molar-refractivity contribution in [1.29, 1.82) is 0 Å². The first-order valence-corrected chi connectivity index (χ1v) is 4.72. The van der Waals surface area contributed by atoms with E-state index in [0.717, 1.165) is 23.2 Å². The van der Waals surface area contributed by atoms with E-state index in [1.165, 1.54) is 0 Å². The van der Waals surface area contributed by atoms with Crippen molar-refractivity contribution < 1.29 is 4.79 Å². The molecule has 0 N–H and O–H groups in total. The van der Waals surface area contributed by atoms with Crippen LogP contribution in [0.25, 0.3) is 5.69 Å². The minimum Gasteiger partial charge on any atom is -0.303 e. The summed E-state index contributed by atoms with van der Waals surface area (Å²) in [5.41, 5.74) is 2.88. The Labute approximate surface area is 87.5 Å². The second kappa shape index (κ2) is 4.04. The minimum absolute atomic E-state index is 0.335. The van der Waals surface area contributed by atoms with Crippen LogP contribution < -0.4 is 0 Å². The third-order valence-corrected chi connectivity index (χ3v) is 2.26. The highest BCUT2D eigenvalue weighted by Gasteiger charge is 2.06. The maximum Gasteiger partial charge on any atom is 0.126 e. The number of rotatable bonds is 3. The number of carbonyl (C=O) groups is 1. The first-order valence-electron chi connectivity index (χ1n) is 4.72. The lowest BCUT2D eigenvalue weighted by molar-refractivity contribution is -0.107. The van der Waals surface area contributed by atoms with Crippen LogP contribution in [0, 0.1) is 6.92 Å². The van der Waals surface area contributed by atoms with Crippen molar-refractivity contribution in [2.45, 2.75) is 13.3 Å². The molecule has 0 aliphatic carbocycles. The summed E-state index contributed by atoms with van der Waals surface area (Å²) in [6, 6.07) is 7.86. The topological polar surface area (TPSA) is 47.8 Å². The molecule has 0 unspecified atom stereocenters. The van der Waals surface area contributed by atoms with Gasteiger partial charge in [0.1, 0.15) is 6.29 Å². The lowest BCUT2D eigenvalue weighted by Crippen LogP contribution is -2.04. The summed E-state index contributed by atoms with van der Waals surface area (Å²) in [6.07, 6.45) is 2.80. The van der Waals surface area contributed by atoms with Gasteiger partial charge in [-0.2, -0.15) is 0 Å². The average molecular weight is 201 g/mol. The molecule has 0 saturated carbocycles. The highest BCUT2D eigenvalue weighted by atomic mass is 16.1. The van der Waals surface area contributed by atoms with Gasteiger partial charge in [-0.1, -0.05) is 23.4 Å². The SMILES string of the molecule is Cc1ccccc1-n1nncc1CC=O. The van der Waals surface area contributed by atoms with Crippen molar-refractivity contribution in [2.24, 2.45) is 0 Å². The van der Waals surface area contributed by atoms with Gasteiger partial charge >= 0.3 is 0 Å². The molecular formula is C11H11N3O.